The van der Waals surface area contributed by atoms with Crippen molar-refractivity contribution in [3.05, 3.63) is 23.2 Å². The molecule has 0 atom stereocenters. The zero-order valence-electron chi connectivity index (χ0n) is 7.79. The molecule has 0 unspecified atom stereocenters. The van der Waals surface area contributed by atoms with Crippen molar-refractivity contribution >= 4 is 38.4 Å². The number of nitrogens with zero attached hydrogens (tertiary/aromatic N) is 1. The minimum Gasteiger partial charge on any atom is -0.329 e. The number of fused-ring (bicyclic) bond motifs is 1. The number of hydrogen-bond acceptors (Lipinski definition) is 2. The van der Waals surface area contributed by atoms with Crippen molar-refractivity contribution in [2.24, 2.45) is 0 Å². The summed E-state index contributed by atoms with van der Waals surface area (Å²) < 4.78 is 2.00. The Kier molecular flexibility index (Phi) is 2.61. The van der Waals surface area contributed by atoms with Crippen LogP contribution in [0.25, 0.3) is 10.2 Å². The highest BCUT2D eigenvalue weighted by molar-refractivity contribution is 7.16. The Morgan fingerprint density at radius 1 is 1.64 bits per heavy atom. The van der Waals surface area contributed by atoms with Gasteiger partial charge in [0.2, 0.25) is 0 Å². The molecule has 2 heterocycles. The van der Waals surface area contributed by atoms with Crippen LogP contribution in [0.5, 0.6) is 0 Å². The minimum absolute atomic E-state index is 0.373. The third-order valence-corrected chi connectivity index (χ3v) is 3.30. The van der Waals surface area contributed by atoms with Gasteiger partial charge in [0.1, 0.15) is 10.5 Å². The number of carbonyl (C=O) groups is 1. The van der Waals surface area contributed by atoms with Crippen LogP contribution < -0.4 is 0 Å². The van der Waals surface area contributed by atoms with Gasteiger partial charge in [-0.25, -0.2) is 0 Å². The predicted molar refractivity (Wildman–Crippen MR) is 60.3 cm³/mol. The van der Waals surface area contributed by atoms with E-state index in [9.17, 15) is 4.79 Å². The number of halogens is 1. The van der Waals surface area contributed by atoms with Crippen molar-refractivity contribution in [3.63, 3.8) is 0 Å². The van der Waals surface area contributed by atoms with Crippen molar-refractivity contribution in [1.29, 1.82) is 0 Å². The topological polar surface area (TPSA) is 22.0 Å². The molecule has 2 aromatic rings. The molecule has 0 bridgehead atoms. The first-order valence-corrected chi connectivity index (χ1v) is 5.76. The molecule has 0 amide bonds. The van der Waals surface area contributed by atoms with Crippen molar-refractivity contribution in [2.45, 2.75) is 19.9 Å². The van der Waals surface area contributed by atoms with E-state index in [4.69, 9.17) is 11.6 Å². The fourth-order valence-corrected chi connectivity index (χ4v) is 2.66. The Bertz CT molecular complexity index is 471. The molecule has 4 heteroatoms. The lowest BCUT2D eigenvalue weighted by molar-refractivity contribution is 0.107. The second-order valence-electron chi connectivity index (χ2n) is 3.14. The average Bonchev–Trinajstić information content (AvgIpc) is 2.67. The standard InChI is InChI=1S/C10H10ClNOS/c1-2-4-12-8(9(11)13)6-7-3-5-14-10(7)12/h3,5-6H,2,4H2,1H3. The maximum Gasteiger partial charge on any atom is 0.268 e. The van der Waals surface area contributed by atoms with E-state index in [1.807, 2.05) is 22.1 Å². The van der Waals surface area contributed by atoms with Crippen LogP contribution in [0.2, 0.25) is 0 Å². The van der Waals surface area contributed by atoms with E-state index in [1.165, 1.54) is 0 Å². The summed E-state index contributed by atoms with van der Waals surface area (Å²) in [7, 11) is 0. The molecular weight excluding hydrogens is 218 g/mol. The molecule has 0 saturated carbocycles. The Morgan fingerprint density at radius 3 is 3.07 bits per heavy atom. The maximum atomic E-state index is 11.2. The van der Waals surface area contributed by atoms with Gasteiger partial charge in [-0.3, -0.25) is 4.79 Å². The Balaban J connectivity index is 2.63. The normalized spacial score (nSPS) is 11.0. The molecular formula is C10H10ClNOS. The largest absolute Gasteiger partial charge is 0.329 e. The Morgan fingerprint density at radius 2 is 2.43 bits per heavy atom. The summed E-state index contributed by atoms with van der Waals surface area (Å²) in [6.07, 6.45) is 0.999. The fourth-order valence-electron chi connectivity index (χ4n) is 1.58. The Hall–Kier alpha value is -0.800. The molecule has 2 nitrogen and oxygen atoms in total. The fraction of sp³-hybridized carbons (Fsp3) is 0.300. The van der Waals surface area contributed by atoms with Crippen LogP contribution in [0, 0.1) is 0 Å². The van der Waals surface area contributed by atoms with Crippen LogP contribution in [-0.2, 0) is 6.54 Å². The molecule has 0 N–H and O–H groups in total. The molecule has 0 aliphatic heterocycles. The molecule has 0 fully saturated rings. The summed E-state index contributed by atoms with van der Waals surface area (Å²) in [5.74, 6) is 0. The molecule has 14 heavy (non-hydrogen) atoms. The molecule has 0 aromatic carbocycles. The van der Waals surface area contributed by atoms with Gasteiger partial charge in [-0.1, -0.05) is 6.92 Å². The molecule has 0 saturated heterocycles. The van der Waals surface area contributed by atoms with Crippen LogP contribution in [0.15, 0.2) is 17.5 Å². The van der Waals surface area contributed by atoms with Crippen molar-refractivity contribution in [3.8, 4) is 0 Å². The van der Waals surface area contributed by atoms with E-state index < -0.39 is 0 Å². The lowest BCUT2D eigenvalue weighted by Gasteiger charge is -2.03. The van der Waals surface area contributed by atoms with Gasteiger partial charge >= 0.3 is 0 Å². The number of aryl methyl sites for hydroxylation is 1. The average molecular weight is 228 g/mol. The number of rotatable bonds is 3. The second kappa shape index (κ2) is 3.75. The lowest BCUT2D eigenvalue weighted by Crippen LogP contribution is -2.03. The first kappa shape index (κ1) is 9.74. The minimum atomic E-state index is -0.373. The molecule has 0 radical (unpaired) electrons. The van der Waals surface area contributed by atoms with Gasteiger partial charge in [-0.2, -0.15) is 0 Å². The molecule has 2 rings (SSSR count). The SMILES string of the molecule is CCCn1c(C(=O)Cl)cc2ccsc21. The third-order valence-electron chi connectivity index (χ3n) is 2.15. The first-order valence-electron chi connectivity index (χ1n) is 4.50. The van der Waals surface area contributed by atoms with E-state index in [0.29, 0.717) is 5.69 Å². The quantitative estimate of drug-likeness (QED) is 0.736. The highest BCUT2D eigenvalue weighted by Gasteiger charge is 2.13. The predicted octanol–water partition coefficient (Wildman–Crippen LogP) is 3.49. The van der Waals surface area contributed by atoms with Gasteiger partial charge < -0.3 is 4.57 Å². The number of hydrogen-bond donors (Lipinski definition) is 0. The van der Waals surface area contributed by atoms with E-state index in [-0.39, 0.29) is 5.24 Å². The van der Waals surface area contributed by atoms with Crippen molar-refractivity contribution < 1.29 is 4.79 Å². The van der Waals surface area contributed by atoms with Gasteiger partial charge in [0.15, 0.2) is 0 Å². The molecule has 2 aromatic heterocycles. The first-order chi connectivity index (χ1) is 6.74. The summed E-state index contributed by atoms with van der Waals surface area (Å²) in [6.45, 7) is 2.93. The zero-order valence-corrected chi connectivity index (χ0v) is 9.36. The molecule has 74 valence electrons. The highest BCUT2D eigenvalue weighted by atomic mass is 35.5. The number of aromatic nitrogens is 1. The molecule has 0 aliphatic carbocycles. The van der Waals surface area contributed by atoms with Gasteiger partial charge in [0.05, 0.1) is 0 Å². The summed E-state index contributed by atoms with van der Waals surface area (Å²) in [4.78, 5) is 12.3. The van der Waals surface area contributed by atoms with Crippen LogP contribution in [0.4, 0.5) is 0 Å². The van der Waals surface area contributed by atoms with E-state index in [2.05, 4.69) is 6.92 Å². The van der Waals surface area contributed by atoms with Crippen molar-refractivity contribution in [2.75, 3.05) is 0 Å². The van der Waals surface area contributed by atoms with Crippen LogP contribution >= 0.6 is 22.9 Å². The van der Waals surface area contributed by atoms with Gasteiger partial charge in [0.25, 0.3) is 5.24 Å². The second-order valence-corrected chi connectivity index (χ2v) is 4.37. The summed E-state index contributed by atoms with van der Waals surface area (Å²) in [6, 6.07) is 3.87. The van der Waals surface area contributed by atoms with Crippen LogP contribution in [0.1, 0.15) is 23.8 Å². The summed E-state index contributed by atoms with van der Waals surface area (Å²) >= 11 is 7.16. The van der Waals surface area contributed by atoms with Gasteiger partial charge in [-0.05, 0) is 35.5 Å². The monoisotopic (exact) mass is 227 g/mol. The zero-order chi connectivity index (χ0) is 10.1. The van der Waals surface area contributed by atoms with E-state index in [0.717, 1.165) is 23.2 Å². The van der Waals surface area contributed by atoms with Gasteiger partial charge in [0, 0.05) is 11.9 Å². The third kappa shape index (κ3) is 1.47. The van der Waals surface area contributed by atoms with Crippen molar-refractivity contribution in [1.82, 2.24) is 4.57 Å². The lowest BCUT2D eigenvalue weighted by atomic mass is 10.4. The highest BCUT2D eigenvalue weighted by Crippen LogP contribution is 2.26. The molecule has 0 spiro atoms. The van der Waals surface area contributed by atoms with Crippen LogP contribution in [-0.4, -0.2) is 9.81 Å². The van der Waals surface area contributed by atoms with Crippen LogP contribution in [0.3, 0.4) is 0 Å². The molecule has 0 aliphatic rings. The summed E-state index contributed by atoms with van der Waals surface area (Å²) in [5, 5.41) is 2.76. The van der Waals surface area contributed by atoms with E-state index >= 15 is 0 Å². The summed E-state index contributed by atoms with van der Waals surface area (Å²) in [5.41, 5.74) is 0.607. The number of thiophene rings is 1. The Labute approximate surface area is 91.1 Å². The van der Waals surface area contributed by atoms with E-state index in [1.54, 1.807) is 11.3 Å². The number of carbonyl (C=O) groups excluding carboxylic acids is 1. The maximum absolute atomic E-state index is 11.2. The smallest absolute Gasteiger partial charge is 0.268 e. The van der Waals surface area contributed by atoms with Gasteiger partial charge in [-0.15, -0.1) is 11.3 Å².